The minimum Gasteiger partial charge on any atom is -0.489 e. The smallest absolute Gasteiger partial charge is 0.363 e. The maximum absolute atomic E-state index is 13.7. The molecule has 0 saturated heterocycles. The summed E-state index contributed by atoms with van der Waals surface area (Å²) in [6, 6.07) is 21.2. The van der Waals surface area contributed by atoms with Gasteiger partial charge in [-0.1, -0.05) is 48.5 Å². The molecule has 1 aliphatic heterocycles. The van der Waals surface area contributed by atoms with Gasteiger partial charge in [0.2, 0.25) is 5.90 Å². The van der Waals surface area contributed by atoms with Crippen molar-refractivity contribution in [1.82, 2.24) is 0 Å². The molecule has 29 heavy (non-hydrogen) atoms. The van der Waals surface area contributed by atoms with Crippen molar-refractivity contribution in [3.8, 4) is 5.75 Å². The second kappa shape index (κ2) is 8.10. The molecule has 0 aromatic heterocycles. The largest absolute Gasteiger partial charge is 0.489 e. The van der Waals surface area contributed by atoms with Crippen molar-refractivity contribution in [3.05, 3.63) is 107 Å². The molecule has 0 radical (unpaired) electrons. The summed E-state index contributed by atoms with van der Waals surface area (Å²) in [5.41, 5.74) is 3.29. The van der Waals surface area contributed by atoms with Gasteiger partial charge in [0, 0.05) is 11.1 Å². The number of ether oxygens (including phenoxy) is 2. The van der Waals surface area contributed by atoms with E-state index < -0.39 is 5.97 Å². The zero-order chi connectivity index (χ0) is 20.2. The Labute approximate surface area is 167 Å². The van der Waals surface area contributed by atoms with Gasteiger partial charge >= 0.3 is 5.97 Å². The predicted octanol–water partition coefficient (Wildman–Crippen LogP) is 5.06. The van der Waals surface area contributed by atoms with E-state index in [1.54, 1.807) is 48.5 Å². The van der Waals surface area contributed by atoms with Gasteiger partial charge in [-0.15, -0.1) is 0 Å². The molecule has 3 aromatic carbocycles. The highest BCUT2D eigenvalue weighted by atomic mass is 19.1. The molecule has 0 spiro atoms. The van der Waals surface area contributed by atoms with Crippen LogP contribution in [-0.4, -0.2) is 11.9 Å². The third-order valence-electron chi connectivity index (χ3n) is 4.53. The molecule has 0 saturated carbocycles. The fraction of sp³-hybridized carbons (Fsp3) is 0.0833. The normalized spacial score (nSPS) is 14.6. The molecule has 0 unspecified atom stereocenters. The highest BCUT2D eigenvalue weighted by Crippen LogP contribution is 2.22. The van der Waals surface area contributed by atoms with E-state index in [-0.39, 0.29) is 18.1 Å². The van der Waals surface area contributed by atoms with Gasteiger partial charge in [0.05, 0.1) is 0 Å². The van der Waals surface area contributed by atoms with Gasteiger partial charge in [0.1, 0.15) is 18.2 Å². The summed E-state index contributed by atoms with van der Waals surface area (Å²) in [5.74, 6) is 0.136. The van der Waals surface area contributed by atoms with Crippen LogP contribution in [0.15, 0.2) is 83.5 Å². The van der Waals surface area contributed by atoms with Crippen LogP contribution in [0.1, 0.15) is 22.3 Å². The molecule has 144 valence electrons. The number of cyclic esters (lactones) is 1. The average Bonchev–Trinajstić information content (AvgIpc) is 3.09. The first kappa shape index (κ1) is 18.6. The Morgan fingerprint density at radius 2 is 1.72 bits per heavy atom. The van der Waals surface area contributed by atoms with Crippen molar-refractivity contribution in [3.63, 3.8) is 0 Å². The minimum absolute atomic E-state index is 0.142. The number of hydrogen-bond donors (Lipinski definition) is 0. The van der Waals surface area contributed by atoms with E-state index in [1.165, 1.54) is 6.07 Å². The minimum atomic E-state index is -0.483. The first-order valence-electron chi connectivity index (χ1n) is 9.15. The highest BCUT2D eigenvalue weighted by molar-refractivity contribution is 6.13. The van der Waals surface area contributed by atoms with Crippen molar-refractivity contribution in [2.75, 3.05) is 0 Å². The summed E-state index contributed by atoms with van der Waals surface area (Å²) < 4.78 is 24.6. The molecule has 0 N–H and O–H groups in total. The lowest BCUT2D eigenvalue weighted by atomic mass is 10.1. The van der Waals surface area contributed by atoms with Gasteiger partial charge < -0.3 is 9.47 Å². The van der Waals surface area contributed by atoms with Crippen molar-refractivity contribution in [2.45, 2.75) is 13.5 Å². The average molecular weight is 387 g/mol. The first-order chi connectivity index (χ1) is 14.1. The van der Waals surface area contributed by atoms with E-state index in [0.29, 0.717) is 17.2 Å². The summed E-state index contributed by atoms with van der Waals surface area (Å²) in [7, 11) is 0. The van der Waals surface area contributed by atoms with Gasteiger partial charge in [0.25, 0.3) is 0 Å². The van der Waals surface area contributed by atoms with Crippen LogP contribution in [0.4, 0.5) is 4.39 Å². The van der Waals surface area contributed by atoms with Gasteiger partial charge in [-0.25, -0.2) is 14.2 Å². The van der Waals surface area contributed by atoms with E-state index in [0.717, 1.165) is 16.7 Å². The lowest BCUT2D eigenvalue weighted by Crippen LogP contribution is -2.06. The molecule has 1 aliphatic rings. The topological polar surface area (TPSA) is 47.9 Å². The van der Waals surface area contributed by atoms with Gasteiger partial charge in [-0.3, -0.25) is 0 Å². The number of carbonyl (C=O) groups excluding carboxylic acids is 1. The predicted molar refractivity (Wildman–Crippen MR) is 109 cm³/mol. The molecule has 1 heterocycles. The molecule has 4 nitrogen and oxygen atoms in total. The maximum Gasteiger partial charge on any atom is 0.363 e. The Bertz CT molecular complexity index is 1120. The lowest BCUT2D eigenvalue weighted by molar-refractivity contribution is -0.129. The Balaban J connectivity index is 1.48. The number of nitrogens with zero attached hydrogens (tertiary/aromatic N) is 1. The van der Waals surface area contributed by atoms with Crippen molar-refractivity contribution >= 4 is 17.9 Å². The molecule has 0 fully saturated rings. The van der Waals surface area contributed by atoms with Crippen LogP contribution in [0.2, 0.25) is 0 Å². The summed E-state index contributed by atoms with van der Waals surface area (Å²) >= 11 is 0. The summed E-state index contributed by atoms with van der Waals surface area (Å²) in [4.78, 5) is 16.5. The third kappa shape index (κ3) is 4.24. The number of aryl methyl sites for hydroxylation is 1. The first-order valence-corrected chi connectivity index (χ1v) is 9.15. The van der Waals surface area contributed by atoms with Gasteiger partial charge in [-0.05, 0) is 48.4 Å². The number of esters is 1. The van der Waals surface area contributed by atoms with Crippen LogP contribution < -0.4 is 4.74 Å². The van der Waals surface area contributed by atoms with E-state index in [2.05, 4.69) is 4.99 Å². The highest BCUT2D eigenvalue weighted by Gasteiger charge is 2.24. The van der Waals surface area contributed by atoms with Crippen molar-refractivity contribution in [1.29, 1.82) is 0 Å². The Kier molecular flexibility index (Phi) is 5.20. The Morgan fingerprint density at radius 1 is 1.00 bits per heavy atom. The molecule has 0 amide bonds. The zero-order valence-electron chi connectivity index (χ0n) is 15.8. The molecule has 5 heteroatoms. The van der Waals surface area contributed by atoms with Crippen molar-refractivity contribution < 1.29 is 18.7 Å². The molecular weight excluding hydrogens is 369 g/mol. The molecule has 0 bridgehead atoms. The molecule has 4 rings (SSSR count). The second-order valence-electron chi connectivity index (χ2n) is 6.60. The fourth-order valence-corrected chi connectivity index (χ4v) is 2.93. The van der Waals surface area contributed by atoms with E-state index in [9.17, 15) is 9.18 Å². The van der Waals surface area contributed by atoms with E-state index in [4.69, 9.17) is 9.47 Å². The fourth-order valence-electron chi connectivity index (χ4n) is 2.93. The molecule has 0 aliphatic carbocycles. The van der Waals surface area contributed by atoms with E-state index in [1.807, 2.05) is 31.2 Å². The molecule has 0 atom stereocenters. The monoisotopic (exact) mass is 387 g/mol. The van der Waals surface area contributed by atoms with E-state index >= 15 is 0 Å². The van der Waals surface area contributed by atoms with Crippen LogP contribution in [0.25, 0.3) is 6.08 Å². The number of aliphatic imine (C=N–C) groups is 1. The number of hydrogen-bond acceptors (Lipinski definition) is 4. The standard InChI is InChI=1S/C24H18FNO3/c1-16-6-2-4-8-20(16)23-26-22(24(27)29-23)14-17-10-12-19(13-11-17)28-15-18-7-3-5-9-21(18)25/h2-14H,15H2,1H3/b22-14-. The van der Waals surface area contributed by atoms with Gasteiger partial charge in [-0.2, -0.15) is 0 Å². The Morgan fingerprint density at radius 3 is 2.48 bits per heavy atom. The van der Waals surface area contributed by atoms with Crippen LogP contribution in [-0.2, 0) is 16.1 Å². The SMILES string of the molecule is Cc1ccccc1C1=N/C(=C\c2ccc(OCc3ccccc3F)cc2)C(=O)O1. The maximum atomic E-state index is 13.7. The lowest BCUT2D eigenvalue weighted by Gasteiger charge is -2.07. The third-order valence-corrected chi connectivity index (χ3v) is 4.53. The number of rotatable bonds is 5. The van der Waals surface area contributed by atoms with Crippen LogP contribution in [0.5, 0.6) is 5.75 Å². The van der Waals surface area contributed by atoms with Crippen LogP contribution >= 0.6 is 0 Å². The second-order valence-corrected chi connectivity index (χ2v) is 6.60. The number of benzene rings is 3. The van der Waals surface area contributed by atoms with Crippen LogP contribution in [0, 0.1) is 12.7 Å². The summed E-state index contributed by atoms with van der Waals surface area (Å²) in [5, 5.41) is 0. The summed E-state index contributed by atoms with van der Waals surface area (Å²) in [6.45, 7) is 2.08. The van der Waals surface area contributed by atoms with Crippen LogP contribution in [0.3, 0.4) is 0 Å². The zero-order valence-corrected chi connectivity index (χ0v) is 15.8. The number of carbonyl (C=O) groups is 1. The Hall–Kier alpha value is -3.73. The van der Waals surface area contributed by atoms with Gasteiger partial charge in [0.15, 0.2) is 5.70 Å². The molecule has 3 aromatic rings. The summed E-state index contributed by atoms with van der Waals surface area (Å²) in [6.07, 6.45) is 1.66. The number of halogens is 1. The molecular formula is C24H18FNO3. The quantitative estimate of drug-likeness (QED) is 0.454. The van der Waals surface area contributed by atoms with Crippen molar-refractivity contribution in [2.24, 2.45) is 4.99 Å².